The van der Waals surface area contributed by atoms with Crippen molar-refractivity contribution in [1.29, 1.82) is 0 Å². The van der Waals surface area contributed by atoms with Crippen molar-refractivity contribution in [2.45, 2.75) is 27.3 Å². The molecule has 0 amide bonds. The molecule has 0 fully saturated rings. The number of halogens is 1. The maximum atomic E-state index is 3.58. The molecule has 0 aliphatic rings. The lowest BCUT2D eigenvalue weighted by atomic mass is 10.0. The Morgan fingerprint density at radius 2 is 1.67 bits per heavy atom. The van der Waals surface area contributed by atoms with Crippen LogP contribution in [-0.2, 0) is 6.54 Å². The molecule has 0 bridgehead atoms. The van der Waals surface area contributed by atoms with E-state index in [2.05, 4.69) is 78.4 Å². The molecule has 0 aliphatic heterocycles. The van der Waals surface area contributed by atoms with Crippen molar-refractivity contribution >= 4 is 21.6 Å². The molecule has 1 nitrogen and oxygen atoms in total. The molecule has 0 radical (unpaired) electrons. The summed E-state index contributed by atoms with van der Waals surface area (Å²) < 4.78 is 1.11. The van der Waals surface area contributed by atoms with Crippen molar-refractivity contribution in [1.82, 2.24) is 0 Å². The summed E-state index contributed by atoms with van der Waals surface area (Å²) in [6, 6.07) is 12.8. The van der Waals surface area contributed by atoms with Crippen LogP contribution in [0.15, 0.2) is 40.9 Å². The van der Waals surface area contributed by atoms with E-state index in [0.717, 1.165) is 16.7 Å². The van der Waals surface area contributed by atoms with Crippen LogP contribution in [0.2, 0.25) is 0 Å². The molecule has 94 valence electrons. The zero-order valence-corrected chi connectivity index (χ0v) is 12.6. The summed E-state index contributed by atoms with van der Waals surface area (Å²) in [5.41, 5.74) is 6.48. The van der Waals surface area contributed by atoms with Gasteiger partial charge in [0.05, 0.1) is 0 Å². The van der Waals surface area contributed by atoms with Crippen LogP contribution in [0.25, 0.3) is 0 Å². The quantitative estimate of drug-likeness (QED) is 0.842. The van der Waals surface area contributed by atoms with Gasteiger partial charge in [-0.1, -0.05) is 24.3 Å². The van der Waals surface area contributed by atoms with E-state index < -0.39 is 0 Å². The Bertz CT molecular complexity index is 541. The molecule has 0 atom stereocenters. The van der Waals surface area contributed by atoms with Crippen LogP contribution in [0.5, 0.6) is 0 Å². The largest absolute Gasteiger partial charge is 0.380 e. The molecular formula is C16H18BrN. The Hall–Kier alpha value is -1.28. The van der Waals surface area contributed by atoms with Crippen LogP contribution >= 0.6 is 15.9 Å². The highest BCUT2D eigenvalue weighted by Gasteiger charge is 2.04. The smallest absolute Gasteiger partial charge is 0.0489 e. The number of aryl methyl sites for hydroxylation is 3. The van der Waals surface area contributed by atoms with E-state index >= 15 is 0 Å². The Morgan fingerprint density at radius 1 is 1.00 bits per heavy atom. The van der Waals surface area contributed by atoms with E-state index in [0.29, 0.717) is 0 Å². The fourth-order valence-corrected chi connectivity index (χ4v) is 2.47. The fourth-order valence-electron chi connectivity index (χ4n) is 2.09. The Morgan fingerprint density at radius 3 is 2.33 bits per heavy atom. The highest BCUT2D eigenvalue weighted by atomic mass is 79.9. The van der Waals surface area contributed by atoms with Gasteiger partial charge >= 0.3 is 0 Å². The second kappa shape index (κ2) is 5.57. The summed E-state index contributed by atoms with van der Waals surface area (Å²) in [6.07, 6.45) is 0. The Labute approximate surface area is 117 Å². The van der Waals surface area contributed by atoms with Gasteiger partial charge < -0.3 is 5.32 Å². The summed E-state index contributed by atoms with van der Waals surface area (Å²) in [6.45, 7) is 7.29. The van der Waals surface area contributed by atoms with E-state index in [1.807, 2.05) is 0 Å². The van der Waals surface area contributed by atoms with Crippen molar-refractivity contribution < 1.29 is 0 Å². The first-order chi connectivity index (χ1) is 8.58. The first-order valence-electron chi connectivity index (χ1n) is 6.13. The third-order valence-electron chi connectivity index (χ3n) is 3.22. The maximum Gasteiger partial charge on any atom is 0.0489 e. The zero-order chi connectivity index (χ0) is 13.1. The number of nitrogens with one attached hydrogen (secondary N) is 1. The molecule has 0 heterocycles. The molecular weight excluding hydrogens is 286 g/mol. The number of benzene rings is 2. The van der Waals surface area contributed by atoms with E-state index in [1.54, 1.807) is 0 Å². The maximum absolute atomic E-state index is 3.58. The molecule has 0 unspecified atom stereocenters. The predicted molar refractivity (Wildman–Crippen MR) is 82.1 cm³/mol. The number of hydrogen-bond acceptors (Lipinski definition) is 1. The first-order valence-corrected chi connectivity index (χ1v) is 6.92. The van der Waals surface area contributed by atoms with E-state index in [9.17, 15) is 0 Å². The van der Waals surface area contributed by atoms with Gasteiger partial charge in [-0.3, -0.25) is 0 Å². The lowest BCUT2D eigenvalue weighted by Crippen LogP contribution is -2.04. The topological polar surface area (TPSA) is 12.0 Å². The molecule has 0 aliphatic carbocycles. The summed E-state index contributed by atoms with van der Waals surface area (Å²) in [5.74, 6) is 0. The SMILES string of the molecule is Cc1ccc(Br)c(NCc2c(C)cccc2C)c1. The summed E-state index contributed by atoms with van der Waals surface area (Å²) in [7, 11) is 0. The molecule has 1 N–H and O–H groups in total. The zero-order valence-electron chi connectivity index (χ0n) is 11.0. The molecule has 2 rings (SSSR count). The van der Waals surface area contributed by atoms with Crippen molar-refractivity contribution in [3.8, 4) is 0 Å². The van der Waals surface area contributed by atoms with Gasteiger partial charge in [-0.25, -0.2) is 0 Å². The van der Waals surface area contributed by atoms with Crippen LogP contribution in [-0.4, -0.2) is 0 Å². The third-order valence-corrected chi connectivity index (χ3v) is 3.91. The highest BCUT2D eigenvalue weighted by molar-refractivity contribution is 9.10. The van der Waals surface area contributed by atoms with Gasteiger partial charge in [0, 0.05) is 16.7 Å². The van der Waals surface area contributed by atoms with Gasteiger partial charge in [0.25, 0.3) is 0 Å². The Kier molecular flexibility index (Phi) is 4.07. The normalized spacial score (nSPS) is 10.4. The van der Waals surface area contributed by atoms with E-state index in [4.69, 9.17) is 0 Å². The van der Waals surface area contributed by atoms with Crippen LogP contribution in [0, 0.1) is 20.8 Å². The van der Waals surface area contributed by atoms with Gasteiger partial charge in [0.2, 0.25) is 0 Å². The lowest BCUT2D eigenvalue weighted by Gasteiger charge is -2.13. The van der Waals surface area contributed by atoms with Crippen LogP contribution in [0.1, 0.15) is 22.3 Å². The minimum absolute atomic E-state index is 0.862. The van der Waals surface area contributed by atoms with Gasteiger partial charge in [-0.05, 0) is 71.1 Å². The van der Waals surface area contributed by atoms with Crippen molar-refractivity contribution in [2.75, 3.05) is 5.32 Å². The second-order valence-electron chi connectivity index (χ2n) is 4.71. The number of hydrogen-bond donors (Lipinski definition) is 1. The molecule has 0 saturated carbocycles. The van der Waals surface area contributed by atoms with Crippen molar-refractivity contribution in [3.63, 3.8) is 0 Å². The van der Waals surface area contributed by atoms with Crippen molar-refractivity contribution in [3.05, 3.63) is 63.1 Å². The van der Waals surface area contributed by atoms with Crippen molar-refractivity contribution in [2.24, 2.45) is 0 Å². The average Bonchev–Trinajstić information content (AvgIpc) is 2.33. The Balaban J connectivity index is 2.19. The molecule has 0 spiro atoms. The standard InChI is InChI=1S/C16H18BrN/c1-11-7-8-15(17)16(9-11)18-10-14-12(2)5-4-6-13(14)3/h4-9,18H,10H2,1-3H3. The predicted octanol–water partition coefficient (Wildman–Crippen LogP) is 4.99. The number of rotatable bonds is 3. The minimum atomic E-state index is 0.862. The fraction of sp³-hybridized carbons (Fsp3) is 0.250. The minimum Gasteiger partial charge on any atom is -0.380 e. The van der Waals surface area contributed by atoms with Gasteiger partial charge in [0.15, 0.2) is 0 Å². The number of anilines is 1. The molecule has 0 saturated heterocycles. The summed E-state index contributed by atoms with van der Waals surface area (Å²) >= 11 is 3.58. The molecule has 2 aromatic rings. The highest BCUT2D eigenvalue weighted by Crippen LogP contribution is 2.24. The average molecular weight is 304 g/mol. The third kappa shape index (κ3) is 2.94. The van der Waals surface area contributed by atoms with E-state index in [1.165, 1.54) is 22.3 Å². The van der Waals surface area contributed by atoms with Gasteiger partial charge in [-0.2, -0.15) is 0 Å². The summed E-state index contributed by atoms with van der Waals surface area (Å²) in [5, 5.41) is 3.50. The molecule has 0 aromatic heterocycles. The molecule has 2 heteroatoms. The monoisotopic (exact) mass is 303 g/mol. The van der Waals surface area contributed by atoms with Gasteiger partial charge in [-0.15, -0.1) is 0 Å². The van der Waals surface area contributed by atoms with Crippen LogP contribution in [0.3, 0.4) is 0 Å². The summed E-state index contributed by atoms with van der Waals surface area (Å²) in [4.78, 5) is 0. The first kappa shape index (κ1) is 13.2. The second-order valence-corrected chi connectivity index (χ2v) is 5.56. The van der Waals surface area contributed by atoms with Crippen LogP contribution < -0.4 is 5.32 Å². The lowest BCUT2D eigenvalue weighted by molar-refractivity contribution is 1.09. The van der Waals surface area contributed by atoms with Gasteiger partial charge in [0.1, 0.15) is 0 Å². The molecule has 18 heavy (non-hydrogen) atoms. The molecule has 2 aromatic carbocycles. The van der Waals surface area contributed by atoms with Crippen LogP contribution in [0.4, 0.5) is 5.69 Å². The van der Waals surface area contributed by atoms with E-state index in [-0.39, 0.29) is 0 Å².